The van der Waals surface area contributed by atoms with E-state index in [0.717, 1.165) is 0 Å². The number of rotatable bonds is 3. The fourth-order valence-electron chi connectivity index (χ4n) is 1.82. The first-order valence-corrected chi connectivity index (χ1v) is 5.26. The molecule has 6 heteroatoms. The van der Waals surface area contributed by atoms with Gasteiger partial charge in [-0.15, -0.1) is 0 Å². The molecule has 2 aromatic rings. The smallest absolute Gasteiger partial charge is 0.337 e. The van der Waals surface area contributed by atoms with Crippen LogP contribution in [0, 0.1) is 0 Å². The Morgan fingerprint density at radius 1 is 0.800 bits per heavy atom. The Kier molecular flexibility index (Phi) is 7.04. The van der Waals surface area contributed by atoms with Crippen LogP contribution in [0.15, 0.2) is 48.5 Å². The number of hydrogen-bond donors (Lipinski definition) is 2. The fraction of sp³-hybridized carbons (Fsp3) is 0. The molecule has 0 bridgehead atoms. The van der Waals surface area contributed by atoms with Gasteiger partial charge in [-0.3, -0.25) is 0 Å². The van der Waals surface area contributed by atoms with Crippen LogP contribution in [0.25, 0.3) is 11.1 Å². The summed E-state index contributed by atoms with van der Waals surface area (Å²) in [5.74, 6) is -2.49. The third kappa shape index (κ3) is 3.62. The summed E-state index contributed by atoms with van der Waals surface area (Å²) >= 11 is 0. The van der Waals surface area contributed by atoms with Crippen molar-refractivity contribution in [1.29, 1.82) is 0 Å². The van der Waals surface area contributed by atoms with Crippen molar-refractivity contribution in [3.05, 3.63) is 59.7 Å². The van der Waals surface area contributed by atoms with Crippen LogP contribution in [0.5, 0.6) is 0 Å². The Morgan fingerprint density at radius 3 is 1.90 bits per heavy atom. The second-order valence-corrected chi connectivity index (χ2v) is 3.70. The van der Waals surface area contributed by atoms with Crippen molar-refractivity contribution < 1.29 is 51.5 Å². The molecule has 2 rings (SSSR count). The maximum Gasteiger partial charge on any atom is 0.337 e. The molecule has 0 heterocycles. The van der Waals surface area contributed by atoms with Gasteiger partial charge in [0.25, 0.3) is 0 Å². The molecular weight excluding hydrogens is 339 g/mol. The van der Waals surface area contributed by atoms with E-state index in [2.05, 4.69) is 0 Å². The average molecular weight is 351 g/mol. The predicted molar refractivity (Wildman–Crippen MR) is 69.4 cm³/mol. The average Bonchev–Trinajstić information content (AvgIpc) is 2.38. The zero-order valence-corrected chi connectivity index (χ0v) is 12.8. The molecule has 0 spiro atoms. The largest absolute Gasteiger partial charge is 0.478 e. The summed E-state index contributed by atoms with van der Waals surface area (Å²) in [5, 5.41) is 18.2. The van der Waals surface area contributed by atoms with Gasteiger partial charge in [0.2, 0.25) is 0 Å². The summed E-state index contributed by atoms with van der Waals surface area (Å²) in [6.45, 7) is 0. The third-order valence-corrected chi connectivity index (χ3v) is 2.59. The molecule has 102 valence electrons. The molecule has 0 aliphatic carbocycles. The molecule has 0 saturated carbocycles. The van der Waals surface area contributed by atoms with Crippen molar-refractivity contribution in [1.82, 2.24) is 0 Å². The molecule has 0 radical (unpaired) electrons. The number of carboxylic acids is 2. The molecule has 0 aliphatic heterocycles. The van der Waals surface area contributed by atoms with E-state index in [1.54, 1.807) is 30.3 Å². The predicted octanol–water partition coefficient (Wildman–Crippen LogP) is 1.92. The van der Waals surface area contributed by atoms with Crippen LogP contribution < -0.4 is 0 Å². The minimum Gasteiger partial charge on any atom is -0.478 e. The SMILES string of the molecule is O.O=C(O)c1cccc(-c2ccccc2)c1C(=O)O.[Zr]. The van der Waals surface area contributed by atoms with Gasteiger partial charge in [0.05, 0.1) is 11.1 Å². The molecule has 4 N–H and O–H groups in total. The van der Waals surface area contributed by atoms with Crippen molar-refractivity contribution >= 4 is 11.9 Å². The van der Waals surface area contributed by atoms with Crippen molar-refractivity contribution in [3.63, 3.8) is 0 Å². The first kappa shape index (κ1) is 18.2. The molecule has 0 amide bonds. The Hall–Kier alpha value is -1.78. The second-order valence-electron chi connectivity index (χ2n) is 3.70. The van der Waals surface area contributed by atoms with Crippen LogP contribution in [0.3, 0.4) is 0 Å². The normalized spacial score (nSPS) is 9.00. The van der Waals surface area contributed by atoms with Gasteiger partial charge in [0.15, 0.2) is 0 Å². The van der Waals surface area contributed by atoms with Crippen molar-refractivity contribution in [2.24, 2.45) is 0 Å². The fourth-order valence-corrected chi connectivity index (χ4v) is 1.82. The maximum atomic E-state index is 11.3. The molecule has 5 nitrogen and oxygen atoms in total. The summed E-state index contributed by atoms with van der Waals surface area (Å²) in [6.07, 6.45) is 0. The minimum atomic E-state index is -1.25. The van der Waals surface area contributed by atoms with Gasteiger partial charge < -0.3 is 15.7 Å². The van der Waals surface area contributed by atoms with Gasteiger partial charge in [0, 0.05) is 26.2 Å². The molecule has 0 aliphatic rings. The molecule has 0 atom stereocenters. The molecule has 0 saturated heterocycles. The topological polar surface area (TPSA) is 106 Å². The number of carboxylic acid groups (broad SMARTS) is 2. The van der Waals surface area contributed by atoms with Gasteiger partial charge in [0.1, 0.15) is 0 Å². The van der Waals surface area contributed by atoms with E-state index in [1.165, 1.54) is 12.1 Å². The number of carbonyl (C=O) groups is 2. The monoisotopic (exact) mass is 350 g/mol. The Morgan fingerprint density at radius 2 is 1.40 bits per heavy atom. The standard InChI is InChI=1S/C14H10O4.H2O.Zr/c15-13(16)11-8-4-7-10(12(11)14(17)18)9-5-2-1-3-6-9;;/h1-8H,(H,15,16)(H,17,18);1H2;. The molecule has 0 fully saturated rings. The van der Waals surface area contributed by atoms with Gasteiger partial charge in [-0.1, -0.05) is 42.5 Å². The first-order valence-electron chi connectivity index (χ1n) is 5.26. The van der Waals surface area contributed by atoms with E-state index in [9.17, 15) is 14.7 Å². The van der Waals surface area contributed by atoms with Crippen molar-refractivity contribution in [2.75, 3.05) is 0 Å². The van der Waals surface area contributed by atoms with Gasteiger partial charge >= 0.3 is 11.9 Å². The molecular formula is C14H12O5Zr. The third-order valence-electron chi connectivity index (χ3n) is 2.59. The summed E-state index contributed by atoms with van der Waals surface area (Å²) in [4.78, 5) is 22.3. The number of aromatic carboxylic acids is 2. The van der Waals surface area contributed by atoms with Crippen LogP contribution in [0.2, 0.25) is 0 Å². The van der Waals surface area contributed by atoms with Crippen LogP contribution in [0.4, 0.5) is 0 Å². The van der Waals surface area contributed by atoms with Gasteiger partial charge in [-0.2, -0.15) is 0 Å². The summed E-state index contributed by atoms with van der Waals surface area (Å²) < 4.78 is 0. The van der Waals surface area contributed by atoms with Crippen LogP contribution in [-0.4, -0.2) is 27.6 Å². The maximum absolute atomic E-state index is 11.3. The van der Waals surface area contributed by atoms with E-state index >= 15 is 0 Å². The van der Waals surface area contributed by atoms with Crippen molar-refractivity contribution in [2.45, 2.75) is 0 Å². The number of hydrogen-bond acceptors (Lipinski definition) is 2. The van der Waals surface area contributed by atoms with Gasteiger partial charge in [-0.05, 0) is 17.2 Å². The minimum absolute atomic E-state index is 0. The molecule has 2 aromatic carbocycles. The van der Waals surface area contributed by atoms with E-state index in [1.807, 2.05) is 6.07 Å². The second kappa shape index (κ2) is 7.73. The number of benzene rings is 2. The quantitative estimate of drug-likeness (QED) is 0.881. The van der Waals surface area contributed by atoms with Crippen LogP contribution in [-0.2, 0) is 26.2 Å². The van der Waals surface area contributed by atoms with Crippen molar-refractivity contribution in [3.8, 4) is 11.1 Å². The van der Waals surface area contributed by atoms with E-state index in [4.69, 9.17) is 5.11 Å². The molecule has 0 unspecified atom stereocenters. The Bertz CT molecular complexity index is 610. The van der Waals surface area contributed by atoms with Gasteiger partial charge in [-0.25, -0.2) is 9.59 Å². The Balaban J connectivity index is 0.00000180. The summed E-state index contributed by atoms with van der Waals surface area (Å²) in [7, 11) is 0. The first-order chi connectivity index (χ1) is 8.61. The van der Waals surface area contributed by atoms with E-state index < -0.39 is 11.9 Å². The zero-order chi connectivity index (χ0) is 13.1. The Labute approximate surface area is 134 Å². The van der Waals surface area contributed by atoms with E-state index in [-0.39, 0.29) is 42.8 Å². The molecule has 20 heavy (non-hydrogen) atoms. The van der Waals surface area contributed by atoms with Crippen LogP contribution >= 0.6 is 0 Å². The summed E-state index contributed by atoms with van der Waals surface area (Å²) in [6, 6.07) is 13.3. The molecule has 0 aromatic heterocycles. The zero-order valence-electron chi connectivity index (χ0n) is 10.3. The van der Waals surface area contributed by atoms with E-state index in [0.29, 0.717) is 11.1 Å². The van der Waals surface area contributed by atoms with Crippen LogP contribution in [0.1, 0.15) is 20.7 Å². The summed E-state index contributed by atoms with van der Waals surface area (Å²) in [5.41, 5.74) is 0.695.